The molecule has 0 spiro atoms. The van der Waals surface area contributed by atoms with E-state index in [0.717, 1.165) is 5.56 Å². The third-order valence-electron chi connectivity index (χ3n) is 2.69. The highest BCUT2D eigenvalue weighted by Crippen LogP contribution is 2.11. The first-order valence-corrected chi connectivity index (χ1v) is 6.63. The molecule has 0 bridgehead atoms. The molecule has 0 aliphatic rings. The zero-order valence-corrected chi connectivity index (χ0v) is 11.5. The van der Waals surface area contributed by atoms with Gasteiger partial charge in [-0.1, -0.05) is 36.4 Å². The number of rotatable bonds is 6. The zero-order chi connectivity index (χ0) is 14.9. The van der Waals surface area contributed by atoms with Crippen molar-refractivity contribution in [1.82, 2.24) is 5.32 Å². The molecule has 0 saturated carbocycles. The van der Waals surface area contributed by atoms with Gasteiger partial charge in [0.2, 0.25) is 5.91 Å². The van der Waals surface area contributed by atoms with E-state index in [1.54, 1.807) is 18.2 Å². The van der Waals surface area contributed by atoms with Crippen LogP contribution < -0.4 is 10.1 Å². The molecule has 0 aliphatic carbocycles. The van der Waals surface area contributed by atoms with Crippen molar-refractivity contribution in [2.24, 2.45) is 0 Å². The van der Waals surface area contributed by atoms with Gasteiger partial charge in [0.15, 0.2) is 0 Å². The minimum absolute atomic E-state index is 0.193. The van der Waals surface area contributed by atoms with Gasteiger partial charge in [-0.15, -0.1) is 0 Å². The molecule has 0 radical (unpaired) electrons. The van der Waals surface area contributed by atoms with Crippen LogP contribution in [0.15, 0.2) is 60.7 Å². The van der Waals surface area contributed by atoms with Gasteiger partial charge in [-0.3, -0.25) is 4.79 Å². The van der Waals surface area contributed by atoms with Crippen molar-refractivity contribution in [3.8, 4) is 5.75 Å². The molecule has 2 aromatic carbocycles. The molecule has 0 saturated heterocycles. The Balaban J connectivity index is 1.69. The van der Waals surface area contributed by atoms with Crippen LogP contribution in [0.5, 0.6) is 5.75 Å². The lowest BCUT2D eigenvalue weighted by molar-refractivity contribution is -0.116. The summed E-state index contributed by atoms with van der Waals surface area (Å²) in [5.41, 5.74) is 0.962. The monoisotopic (exact) mass is 285 g/mol. The van der Waals surface area contributed by atoms with Crippen molar-refractivity contribution >= 4 is 12.0 Å². The first-order chi connectivity index (χ1) is 10.2. The van der Waals surface area contributed by atoms with Crippen molar-refractivity contribution in [1.29, 1.82) is 0 Å². The minimum atomic E-state index is -0.345. The van der Waals surface area contributed by atoms with Gasteiger partial charge in [0, 0.05) is 12.1 Å². The molecule has 21 heavy (non-hydrogen) atoms. The fraction of sp³-hybridized carbons (Fsp3) is 0.118. The maximum Gasteiger partial charge on any atom is 0.244 e. The van der Waals surface area contributed by atoms with E-state index >= 15 is 0 Å². The van der Waals surface area contributed by atoms with E-state index in [0.29, 0.717) is 12.3 Å². The van der Waals surface area contributed by atoms with Gasteiger partial charge in [-0.25, -0.2) is 4.39 Å². The fourth-order valence-electron chi connectivity index (χ4n) is 1.69. The molecule has 1 N–H and O–H groups in total. The summed E-state index contributed by atoms with van der Waals surface area (Å²) in [6.07, 6.45) is 3.21. The average molecular weight is 285 g/mol. The third-order valence-corrected chi connectivity index (χ3v) is 2.69. The topological polar surface area (TPSA) is 38.3 Å². The Kier molecular flexibility index (Phi) is 5.52. The second-order valence-electron chi connectivity index (χ2n) is 4.34. The molecule has 4 heteroatoms. The molecule has 108 valence electrons. The van der Waals surface area contributed by atoms with Crippen LogP contribution in [0.2, 0.25) is 0 Å². The van der Waals surface area contributed by atoms with Gasteiger partial charge in [-0.2, -0.15) is 0 Å². The molecule has 0 heterocycles. The van der Waals surface area contributed by atoms with Crippen molar-refractivity contribution in [3.63, 3.8) is 0 Å². The molecule has 3 nitrogen and oxygen atoms in total. The Bertz CT molecular complexity index is 611. The molecule has 2 aromatic rings. The number of benzene rings is 2. The lowest BCUT2D eigenvalue weighted by atomic mass is 10.2. The van der Waals surface area contributed by atoms with Gasteiger partial charge in [0.1, 0.15) is 18.2 Å². The van der Waals surface area contributed by atoms with Crippen molar-refractivity contribution in [2.75, 3.05) is 13.2 Å². The lowest BCUT2D eigenvalue weighted by Crippen LogP contribution is -2.26. The molecule has 0 unspecified atom stereocenters. The summed E-state index contributed by atoms with van der Waals surface area (Å²) in [6.45, 7) is 0.642. The van der Waals surface area contributed by atoms with Gasteiger partial charge in [0.05, 0.1) is 6.54 Å². The zero-order valence-electron chi connectivity index (χ0n) is 11.5. The van der Waals surface area contributed by atoms with Crippen molar-refractivity contribution < 1.29 is 13.9 Å². The van der Waals surface area contributed by atoms with Crippen LogP contribution in [0, 0.1) is 5.82 Å². The summed E-state index contributed by atoms with van der Waals surface area (Å²) in [5.74, 6) is -0.0897. The van der Waals surface area contributed by atoms with Gasteiger partial charge < -0.3 is 10.1 Å². The van der Waals surface area contributed by atoms with E-state index in [4.69, 9.17) is 4.74 Å². The fourth-order valence-corrected chi connectivity index (χ4v) is 1.69. The van der Waals surface area contributed by atoms with Crippen molar-refractivity contribution in [3.05, 3.63) is 72.1 Å². The summed E-state index contributed by atoms with van der Waals surface area (Å²) in [4.78, 5) is 11.6. The van der Waals surface area contributed by atoms with Crippen LogP contribution >= 0.6 is 0 Å². The number of nitrogens with one attached hydrogen (secondary N) is 1. The third kappa shape index (κ3) is 5.48. The van der Waals surface area contributed by atoms with Crippen molar-refractivity contribution in [2.45, 2.75) is 0 Å². The van der Waals surface area contributed by atoms with Crippen LogP contribution in [0.25, 0.3) is 6.08 Å². The summed E-state index contributed by atoms with van der Waals surface area (Å²) in [6, 6.07) is 15.5. The molecular weight excluding hydrogens is 269 g/mol. The van der Waals surface area contributed by atoms with E-state index in [1.165, 1.54) is 18.2 Å². The number of hydrogen-bond acceptors (Lipinski definition) is 2. The van der Waals surface area contributed by atoms with E-state index in [-0.39, 0.29) is 18.3 Å². The normalized spacial score (nSPS) is 10.5. The van der Waals surface area contributed by atoms with Gasteiger partial charge in [-0.05, 0) is 23.8 Å². The number of ether oxygens (including phenoxy) is 1. The van der Waals surface area contributed by atoms with E-state index in [2.05, 4.69) is 5.32 Å². The maximum absolute atomic E-state index is 12.9. The standard InChI is InChI=1S/C17H16FNO2/c18-15-7-4-8-16(13-15)21-12-11-19-17(20)10-9-14-5-2-1-3-6-14/h1-10,13H,11-12H2,(H,19,20)/b10-9+. The Labute approximate surface area is 123 Å². The van der Waals surface area contributed by atoms with Crippen LogP contribution in [-0.4, -0.2) is 19.1 Å². The van der Waals surface area contributed by atoms with Gasteiger partial charge in [0.25, 0.3) is 0 Å². The summed E-state index contributed by atoms with van der Waals surface area (Å²) in [5, 5.41) is 2.69. The molecular formula is C17H16FNO2. The molecule has 0 fully saturated rings. The highest BCUT2D eigenvalue weighted by molar-refractivity contribution is 5.91. The average Bonchev–Trinajstić information content (AvgIpc) is 2.51. The van der Waals surface area contributed by atoms with E-state index in [9.17, 15) is 9.18 Å². The largest absolute Gasteiger partial charge is 0.492 e. The highest BCUT2D eigenvalue weighted by atomic mass is 19.1. The van der Waals surface area contributed by atoms with Crippen LogP contribution in [0.1, 0.15) is 5.56 Å². The van der Waals surface area contributed by atoms with E-state index in [1.807, 2.05) is 30.3 Å². The Morgan fingerprint density at radius 1 is 1.14 bits per heavy atom. The first-order valence-electron chi connectivity index (χ1n) is 6.63. The smallest absolute Gasteiger partial charge is 0.244 e. The highest BCUT2D eigenvalue weighted by Gasteiger charge is 1.97. The SMILES string of the molecule is O=C(/C=C/c1ccccc1)NCCOc1cccc(F)c1. The summed E-state index contributed by atoms with van der Waals surface area (Å²) < 4.78 is 18.2. The second-order valence-corrected chi connectivity index (χ2v) is 4.34. The molecule has 0 atom stereocenters. The number of halogens is 1. The number of amides is 1. The van der Waals surface area contributed by atoms with Crippen LogP contribution in [-0.2, 0) is 4.79 Å². The summed E-state index contributed by atoms with van der Waals surface area (Å²) in [7, 11) is 0. The molecule has 2 rings (SSSR count). The minimum Gasteiger partial charge on any atom is -0.492 e. The molecule has 0 aliphatic heterocycles. The number of carbonyl (C=O) groups is 1. The Morgan fingerprint density at radius 2 is 1.95 bits per heavy atom. The lowest BCUT2D eigenvalue weighted by Gasteiger charge is -2.06. The molecule has 0 aromatic heterocycles. The van der Waals surface area contributed by atoms with Crippen LogP contribution in [0.4, 0.5) is 4.39 Å². The maximum atomic E-state index is 12.9. The number of carbonyl (C=O) groups excluding carboxylic acids is 1. The van der Waals surface area contributed by atoms with Gasteiger partial charge >= 0.3 is 0 Å². The Hall–Kier alpha value is -2.62. The first kappa shape index (κ1) is 14.8. The molecule has 1 amide bonds. The predicted molar refractivity (Wildman–Crippen MR) is 80.4 cm³/mol. The van der Waals surface area contributed by atoms with E-state index < -0.39 is 0 Å². The second kappa shape index (κ2) is 7.85. The predicted octanol–water partition coefficient (Wildman–Crippen LogP) is 3.03. The number of hydrogen-bond donors (Lipinski definition) is 1. The Morgan fingerprint density at radius 3 is 2.71 bits per heavy atom. The summed E-state index contributed by atoms with van der Waals surface area (Å²) >= 11 is 0. The van der Waals surface area contributed by atoms with Crippen LogP contribution in [0.3, 0.4) is 0 Å². The quantitative estimate of drug-likeness (QED) is 0.654.